The zero-order valence-electron chi connectivity index (χ0n) is 14.2. The number of aliphatic imine (C=N–C) groups is 1. The van der Waals surface area contributed by atoms with Gasteiger partial charge in [-0.25, -0.2) is 4.99 Å². The Bertz CT molecular complexity index is 804. The van der Waals surface area contributed by atoms with Gasteiger partial charge in [0.2, 0.25) is 0 Å². The molecule has 3 N–H and O–H groups in total. The summed E-state index contributed by atoms with van der Waals surface area (Å²) in [7, 11) is 0. The maximum atomic E-state index is 12.1. The number of aliphatic carboxylic acids is 1. The van der Waals surface area contributed by atoms with E-state index in [0.29, 0.717) is 12.8 Å². The standard InChI is InChI=1S/C19H22N4O2/c1-13-11-20-16-15(13)17(22-12-21-16)23-9-7-19(8-10-23,18(24)25)14-5-3-2-4-6-14/h2-6,11-12,17,20H,7-10H2,1H3,(H,21,22)(H,24,25). The number of aromatic nitrogens is 1. The highest BCUT2D eigenvalue weighted by Crippen LogP contribution is 2.40. The molecule has 1 fully saturated rings. The molecule has 0 radical (unpaired) electrons. The minimum absolute atomic E-state index is 0.0429. The van der Waals surface area contributed by atoms with Crippen LogP contribution in [0, 0.1) is 6.92 Å². The third kappa shape index (κ3) is 2.53. The van der Waals surface area contributed by atoms with Crippen LogP contribution >= 0.6 is 0 Å². The fraction of sp³-hybridized carbons (Fsp3) is 0.368. The van der Waals surface area contributed by atoms with Crippen LogP contribution in [-0.2, 0) is 10.2 Å². The summed E-state index contributed by atoms with van der Waals surface area (Å²) in [5, 5.41) is 13.3. The van der Waals surface area contributed by atoms with Gasteiger partial charge in [-0.2, -0.15) is 0 Å². The Balaban J connectivity index is 1.58. The highest BCUT2D eigenvalue weighted by atomic mass is 16.4. The van der Waals surface area contributed by atoms with Crippen molar-refractivity contribution in [1.29, 1.82) is 0 Å². The third-order valence-electron chi connectivity index (χ3n) is 5.56. The van der Waals surface area contributed by atoms with Crippen LogP contribution in [0.3, 0.4) is 0 Å². The van der Waals surface area contributed by atoms with Gasteiger partial charge in [0.1, 0.15) is 12.0 Å². The summed E-state index contributed by atoms with van der Waals surface area (Å²) in [6, 6.07) is 9.63. The number of aromatic amines is 1. The van der Waals surface area contributed by atoms with Crippen molar-refractivity contribution in [2.45, 2.75) is 31.3 Å². The second kappa shape index (κ2) is 6.04. The summed E-state index contributed by atoms with van der Waals surface area (Å²) in [6.45, 7) is 3.51. The maximum Gasteiger partial charge on any atom is 0.314 e. The van der Waals surface area contributed by atoms with E-state index >= 15 is 0 Å². The zero-order chi connectivity index (χ0) is 17.4. The smallest absolute Gasteiger partial charge is 0.314 e. The Kier molecular flexibility index (Phi) is 3.84. The van der Waals surface area contributed by atoms with Gasteiger partial charge >= 0.3 is 5.97 Å². The van der Waals surface area contributed by atoms with Crippen LogP contribution in [0.2, 0.25) is 0 Å². The van der Waals surface area contributed by atoms with Gasteiger partial charge in [0.05, 0.1) is 11.8 Å². The highest BCUT2D eigenvalue weighted by molar-refractivity contribution is 5.81. The van der Waals surface area contributed by atoms with E-state index in [2.05, 4.69) is 27.1 Å². The number of H-pyrrole nitrogens is 1. The van der Waals surface area contributed by atoms with Crippen LogP contribution in [-0.4, -0.2) is 40.4 Å². The summed E-state index contributed by atoms with van der Waals surface area (Å²) in [5.41, 5.74) is 2.43. The first-order valence-corrected chi connectivity index (χ1v) is 8.61. The maximum absolute atomic E-state index is 12.1. The molecule has 3 heterocycles. The molecule has 1 aromatic heterocycles. The van der Waals surface area contributed by atoms with Gasteiger partial charge in [0.15, 0.2) is 0 Å². The number of aryl methyl sites for hydroxylation is 1. The normalized spacial score (nSPS) is 22.2. The topological polar surface area (TPSA) is 80.7 Å². The summed E-state index contributed by atoms with van der Waals surface area (Å²) in [4.78, 5) is 22.0. The van der Waals surface area contributed by atoms with Crippen molar-refractivity contribution in [2.75, 3.05) is 13.1 Å². The van der Waals surface area contributed by atoms with Crippen LogP contribution in [0.4, 0.5) is 5.82 Å². The fourth-order valence-electron chi connectivity index (χ4n) is 4.06. The van der Waals surface area contributed by atoms with Crippen molar-refractivity contribution in [3.63, 3.8) is 0 Å². The molecule has 2 aromatic rings. The number of carbonyl (C=O) groups is 1. The number of rotatable bonds is 3. The van der Waals surface area contributed by atoms with Crippen LogP contribution in [0.1, 0.15) is 35.7 Å². The molecule has 0 spiro atoms. The lowest BCUT2D eigenvalue weighted by Gasteiger charge is -2.43. The quantitative estimate of drug-likeness (QED) is 0.804. The van der Waals surface area contributed by atoms with Gasteiger partial charge in [0, 0.05) is 24.8 Å². The number of hydrogen-bond donors (Lipinski definition) is 3. The van der Waals surface area contributed by atoms with Crippen LogP contribution in [0.5, 0.6) is 0 Å². The average molecular weight is 338 g/mol. The van der Waals surface area contributed by atoms with E-state index in [1.165, 1.54) is 5.56 Å². The molecule has 0 saturated carbocycles. The SMILES string of the molecule is Cc1c[nH]c2c1C(N1CCC(C(=O)O)(c3ccccc3)CC1)NC=N2. The molecule has 1 unspecified atom stereocenters. The molecule has 6 heteroatoms. The number of nitrogens with zero attached hydrogens (tertiary/aromatic N) is 2. The molecule has 2 aliphatic heterocycles. The molecule has 6 nitrogen and oxygen atoms in total. The van der Waals surface area contributed by atoms with Crippen molar-refractivity contribution >= 4 is 18.1 Å². The lowest BCUT2D eigenvalue weighted by Crippen LogP contribution is -2.51. The molecular formula is C19H22N4O2. The van der Waals surface area contributed by atoms with E-state index in [1.54, 1.807) is 6.34 Å². The highest BCUT2D eigenvalue weighted by Gasteiger charge is 2.44. The number of likely N-dealkylation sites (tertiary alicyclic amines) is 1. The number of benzene rings is 1. The van der Waals surface area contributed by atoms with Crippen molar-refractivity contribution in [2.24, 2.45) is 4.99 Å². The summed E-state index contributed by atoms with van der Waals surface area (Å²) in [5.74, 6) is 0.161. The predicted molar refractivity (Wildman–Crippen MR) is 96.1 cm³/mol. The molecule has 130 valence electrons. The monoisotopic (exact) mass is 338 g/mol. The Morgan fingerprint density at radius 2 is 2.00 bits per heavy atom. The Hall–Kier alpha value is -2.60. The van der Waals surface area contributed by atoms with E-state index in [9.17, 15) is 9.90 Å². The van der Waals surface area contributed by atoms with Crippen molar-refractivity contribution in [1.82, 2.24) is 15.2 Å². The second-order valence-corrected chi connectivity index (χ2v) is 6.85. The fourth-order valence-corrected chi connectivity index (χ4v) is 4.06. The number of carboxylic acids is 1. The Labute approximate surface area is 146 Å². The van der Waals surface area contributed by atoms with Crippen LogP contribution in [0.15, 0.2) is 41.5 Å². The van der Waals surface area contributed by atoms with Crippen LogP contribution < -0.4 is 5.32 Å². The Morgan fingerprint density at radius 1 is 1.28 bits per heavy atom. The molecular weight excluding hydrogens is 316 g/mol. The van der Waals surface area contributed by atoms with Crippen molar-refractivity contribution < 1.29 is 9.90 Å². The molecule has 0 bridgehead atoms. The van der Waals surface area contributed by atoms with Crippen molar-refractivity contribution in [3.05, 3.63) is 53.2 Å². The Morgan fingerprint density at radius 3 is 2.68 bits per heavy atom. The minimum Gasteiger partial charge on any atom is -0.481 e. The summed E-state index contributed by atoms with van der Waals surface area (Å²) < 4.78 is 0. The number of fused-ring (bicyclic) bond motifs is 1. The number of nitrogens with one attached hydrogen (secondary N) is 2. The van der Waals surface area contributed by atoms with Gasteiger partial charge in [-0.05, 0) is 30.9 Å². The van der Waals surface area contributed by atoms with Crippen LogP contribution in [0.25, 0.3) is 0 Å². The van der Waals surface area contributed by atoms with E-state index in [-0.39, 0.29) is 6.17 Å². The number of piperidine rings is 1. The first-order chi connectivity index (χ1) is 12.1. The summed E-state index contributed by atoms with van der Waals surface area (Å²) in [6.07, 6.45) is 4.93. The predicted octanol–water partition coefficient (Wildman–Crippen LogP) is 2.70. The lowest BCUT2D eigenvalue weighted by atomic mass is 9.72. The lowest BCUT2D eigenvalue weighted by molar-refractivity contribution is -0.146. The number of carboxylic acid groups (broad SMARTS) is 1. The van der Waals surface area contributed by atoms with Gasteiger partial charge < -0.3 is 15.4 Å². The van der Waals surface area contributed by atoms with Crippen molar-refractivity contribution in [3.8, 4) is 0 Å². The number of hydrogen-bond acceptors (Lipinski definition) is 4. The van der Waals surface area contributed by atoms with E-state index in [4.69, 9.17) is 0 Å². The zero-order valence-corrected chi connectivity index (χ0v) is 14.2. The molecule has 0 amide bonds. The molecule has 1 saturated heterocycles. The van der Waals surface area contributed by atoms with E-state index in [1.807, 2.05) is 36.5 Å². The first-order valence-electron chi connectivity index (χ1n) is 8.61. The molecule has 4 rings (SSSR count). The first kappa shape index (κ1) is 15.9. The molecule has 0 aliphatic carbocycles. The summed E-state index contributed by atoms with van der Waals surface area (Å²) >= 11 is 0. The second-order valence-electron chi connectivity index (χ2n) is 6.85. The van der Waals surface area contributed by atoms with E-state index < -0.39 is 11.4 Å². The molecule has 25 heavy (non-hydrogen) atoms. The average Bonchev–Trinajstić information content (AvgIpc) is 3.04. The van der Waals surface area contributed by atoms with Gasteiger partial charge in [0.25, 0.3) is 0 Å². The van der Waals surface area contributed by atoms with E-state index in [0.717, 1.165) is 30.0 Å². The molecule has 1 atom stereocenters. The molecule has 1 aromatic carbocycles. The minimum atomic E-state index is -0.795. The van der Waals surface area contributed by atoms with Gasteiger partial charge in [-0.15, -0.1) is 0 Å². The third-order valence-corrected chi connectivity index (χ3v) is 5.56. The van der Waals surface area contributed by atoms with Gasteiger partial charge in [-0.3, -0.25) is 9.69 Å². The largest absolute Gasteiger partial charge is 0.481 e. The van der Waals surface area contributed by atoms with Gasteiger partial charge in [-0.1, -0.05) is 30.3 Å². The molecule has 2 aliphatic rings.